The predicted molar refractivity (Wildman–Crippen MR) is 85.1 cm³/mol. The van der Waals surface area contributed by atoms with Gasteiger partial charge in [-0.1, -0.05) is 26.0 Å². The number of carbonyl (C=O) groups excluding carboxylic acids is 3. The van der Waals surface area contributed by atoms with Crippen LogP contribution in [-0.4, -0.2) is 44.7 Å². The lowest BCUT2D eigenvalue weighted by Crippen LogP contribution is -2.29. The molecule has 0 unspecified atom stereocenters. The Balaban J connectivity index is 2.64. The molecule has 1 aromatic carbocycles. The second kappa shape index (κ2) is 9.58. The van der Waals surface area contributed by atoms with Crippen molar-refractivity contribution >= 4 is 23.5 Å². The molecule has 2 N–H and O–H groups in total. The Hall–Kier alpha value is -2.41. The quantitative estimate of drug-likeness (QED) is 0.702. The van der Waals surface area contributed by atoms with E-state index in [1.54, 1.807) is 24.3 Å². The molecule has 0 saturated heterocycles. The fourth-order valence-electron chi connectivity index (χ4n) is 1.67. The molecule has 1 aromatic rings. The van der Waals surface area contributed by atoms with E-state index in [-0.39, 0.29) is 12.5 Å². The van der Waals surface area contributed by atoms with Crippen LogP contribution in [0, 0.1) is 5.92 Å². The largest absolute Gasteiger partial charge is 0.454 e. The maximum absolute atomic E-state index is 12.1. The van der Waals surface area contributed by atoms with Gasteiger partial charge in [0.15, 0.2) is 6.61 Å². The van der Waals surface area contributed by atoms with Gasteiger partial charge in [-0.15, -0.1) is 0 Å². The second-order valence-electron chi connectivity index (χ2n) is 5.29. The van der Waals surface area contributed by atoms with Crippen molar-refractivity contribution in [3.05, 3.63) is 29.8 Å². The monoisotopic (exact) mass is 322 g/mol. The van der Waals surface area contributed by atoms with Gasteiger partial charge < -0.3 is 20.1 Å². The van der Waals surface area contributed by atoms with E-state index < -0.39 is 18.5 Å². The highest BCUT2D eigenvalue weighted by molar-refractivity contribution is 6.04. The van der Waals surface area contributed by atoms with Crippen molar-refractivity contribution in [1.82, 2.24) is 5.32 Å². The molecule has 7 heteroatoms. The zero-order valence-electron chi connectivity index (χ0n) is 13.5. The summed E-state index contributed by atoms with van der Waals surface area (Å²) in [7, 11) is 1.35. The van der Waals surface area contributed by atoms with Gasteiger partial charge in [-0.05, 0) is 18.1 Å². The van der Waals surface area contributed by atoms with Crippen molar-refractivity contribution < 1.29 is 23.9 Å². The topological polar surface area (TPSA) is 93.7 Å². The number of anilines is 1. The van der Waals surface area contributed by atoms with Crippen molar-refractivity contribution in [2.75, 3.05) is 32.2 Å². The van der Waals surface area contributed by atoms with Crippen LogP contribution < -0.4 is 10.6 Å². The van der Waals surface area contributed by atoms with E-state index in [0.29, 0.717) is 23.7 Å². The van der Waals surface area contributed by atoms with Crippen molar-refractivity contribution in [3.8, 4) is 0 Å². The first kappa shape index (κ1) is 18.6. The molecule has 0 aliphatic rings. The number of ether oxygens (including phenoxy) is 2. The van der Waals surface area contributed by atoms with E-state index in [1.165, 1.54) is 7.11 Å². The van der Waals surface area contributed by atoms with Gasteiger partial charge in [-0.25, -0.2) is 4.79 Å². The smallest absolute Gasteiger partial charge is 0.332 e. The third-order valence-corrected chi connectivity index (χ3v) is 2.74. The molecule has 0 radical (unpaired) electrons. The first-order valence-corrected chi connectivity index (χ1v) is 7.25. The molecule has 0 heterocycles. The van der Waals surface area contributed by atoms with Gasteiger partial charge in [0, 0.05) is 13.7 Å². The van der Waals surface area contributed by atoms with Gasteiger partial charge >= 0.3 is 5.97 Å². The van der Waals surface area contributed by atoms with Crippen LogP contribution in [0.15, 0.2) is 24.3 Å². The van der Waals surface area contributed by atoms with E-state index in [0.717, 1.165) is 0 Å². The Morgan fingerprint density at radius 2 is 1.83 bits per heavy atom. The Bertz CT molecular complexity index is 557. The molecule has 126 valence electrons. The summed E-state index contributed by atoms with van der Waals surface area (Å²) in [5.74, 6) is -1.11. The van der Waals surface area contributed by atoms with Gasteiger partial charge in [0.25, 0.3) is 11.8 Å². The highest BCUT2D eigenvalue weighted by atomic mass is 16.6. The van der Waals surface area contributed by atoms with E-state index in [2.05, 4.69) is 15.4 Å². The van der Waals surface area contributed by atoms with Crippen molar-refractivity contribution in [2.45, 2.75) is 13.8 Å². The van der Waals surface area contributed by atoms with Gasteiger partial charge in [-0.2, -0.15) is 0 Å². The SMILES string of the molecule is COCC(=O)OCC(=O)Nc1ccccc1C(=O)NCC(C)C. The molecule has 0 bridgehead atoms. The van der Waals surface area contributed by atoms with Gasteiger partial charge in [0.2, 0.25) is 0 Å². The zero-order chi connectivity index (χ0) is 17.2. The van der Waals surface area contributed by atoms with Crippen LogP contribution in [0.2, 0.25) is 0 Å². The molecule has 23 heavy (non-hydrogen) atoms. The molecule has 1 rings (SSSR count). The number of amides is 2. The zero-order valence-corrected chi connectivity index (χ0v) is 13.5. The maximum Gasteiger partial charge on any atom is 0.332 e. The summed E-state index contributed by atoms with van der Waals surface area (Å²) in [5.41, 5.74) is 0.714. The molecule has 0 aliphatic heterocycles. The van der Waals surface area contributed by atoms with Gasteiger partial charge in [-0.3, -0.25) is 9.59 Å². The highest BCUT2D eigenvalue weighted by Crippen LogP contribution is 2.15. The van der Waals surface area contributed by atoms with Crippen LogP contribution in [0.1, 0.15) is 24.2 Å². The number of benzene rings is 1. The van der Waals surface area contributed by atoms with Crippen molar-refractivity contribution in [1.29, 1.82) is 0 Å². The molecule has 0 spiro atoms. The maximum atomic E-state index is 12.1. The Morgan fingerprint density at radius 3 is 2.48 bits per heavy atom. The number of methoxy groups -OCH3 is 1. The minimum absolute atomic E-state index is 0.221. The van der Waals surface area contributed by atoms with E-state index in [9.17, 15) is 14.4 Å². The second-order valence-corrected chi connectivity index (χ2v) is 5.29. The van der Waals surface area contributed by atoms with Crippen LogP contribution in [0.4, 0.5) is 5.69 Å². The molecule has 2 amide bonds. The molecule has 7 nitrogen and oxygen atoms in total. The Morgan fingerprint density at radius 1 is 1.13 bits per heavy atom. The lowest BCUT2D eigenvalue weighted by Gasteiger charge is -2.12. The Labute approximate surface area is 135 Å². The number of hydrogen-bond acceptors (Lipinski definition) is 5. The normalized spacial score (nSPS) is 10.3. The van der Waals surface area contributed by atoms with Crippen molar-refractivity contribution in [3.63, 3.8) is 0 Å². The minimum Gasteiger partial charge on any atom is -0.454 e. The summed E-state index contributed by atoms with van der Waals surface area (Å²) in [4.78, 5) is 35.1. The summed E-state index contributed by atoms with van der Waals surface area (Å²) in [6.45, 7) is 3.85. The summed E-state index contributed by atoms with van der Waals surface area (Å²) < 4.78 is 9.31. The number of hydrogen-bond donors (Lipinski definition) is 2. The van der Waals surface area contributed by atoms with E-state index in [4.69, 9.17) is 4.74 Å². The van der Waals surface area contributed by atoms with Crippen LogP contribution in [0.25, 0.3) is 0 Å². The number of esters is 1. The van der Waals surface area contributed by atoms with Gasteiger partial charge in [0.05, 0.1) is 11.3 Å². The first-order chi connectivity index (χ1) is 10.9. The third kappa shape index (κ3) is 6.92. The number of rotatable bonds is 8. The average Bonchev–Trinajstić information content (AvgIpc) is 2.51. The minimum atomic E-state index is -0.634. The predicted octanol–water partition coefficient (Wildman–Crippen LogP) is 1.20. The molecule has 0 saturated carbocycles. The number of para-hydroxylation sites is 1. The lowest BCUT2D eigenvalue weighted by atomic mass is 10.1. The van der Waals surface area contributed by atoms with Crippen LogP contribution >= 0.6 is 0 Å². The standard InChI is InChI=1S/C16H22N2O5/c1-11(2)8-17-16(21)12-6-4-5-7-13(12)18-14(19)9-23-15(20)10-22-3/h4-7,11H,8-10H2,1-3H3,(H,17,21)(H,18,19). The summed E-state index contributed by atoms with van der Waals surface area (Å²) >= 11 is 0. The number of carbonyl (C=O) groups is 3. The molecule has 0 fully saturated rings. The average molecular weight is 322 g/mol. The first-order valence-electron chi connectivity index (χ1n) is 7.25. The fourth-order valence-corrected chi connectivity index (χ4v) is 1.67. The van der Waals surface area contributed by atoms with E-state index in [1.807, 2.05) is 13.8 Å². The van der Waals surface area contributed by atoms with E-state index >= 15 is 0 Å². The lowest BCUT2D eigenvalue weighted by molar-refractivity contribution is -0.150. The molecule has 0 aliphatic carbocycles. The summed E-state index contributed by atoms with van der Waals surface area (Å²) in [6.07, 6.45) is 0. The number of nitrogens with one attached hydrogen (secondary N) is 2. The molecular weight excluding hydrogens is 300 g/mol. The summed E-state index contributed by atoms with van der Waals surface area (Å²) in [5, 5.41) is 5.35. The Kier molecular flexibility index (Phi) is 7.76. The van der Waals surface area contributed by atoms with Gasteiger partial charge in [0.1, 0.15) is 6.61 Å². The molecular formula is C16H22N2O5. The highest BCUT2D eigenvalue weighted by Gasteiger charge is 2.14. The summed E-state index contributed by atoms with van der Waals surface area (Å²) in [6, 6.07) is 6.63. The fraction of sp³-hybridized carbons (Fsp3) is 0.438. The van der Waals surface area contributed by atoms with Crippen LogP contribution in [0.3, 0.4) is 0 Å². The molecule has 0 aromatic heterocycles. The van der Waals surface area contributed by atoms with Crippen LogP contribution in [-0.2, 0) is 19.1 Å². The molecule has 0 atom stereocenters. The van der Waals surface area contributed by atoms with Crippen LogP contribution in [0.5, 0.6) is 0 Å². The third-order valence-electron chi connectivity index (χ3n) is 2.74. The van der Waals surface area contributed by atoms with Crippen molar-refractivity contribution in [2.24, 2.45) is 5.92 Å².